The first-order valence-corrected chi connectivity index (χ1v) is 6.08. The van der Waals surface area contributed by atoms with Crippen LogP contribution in [-0.4, -0.2) is 20.2 Å². The van der Waals surface area contributed by atoms with Crippen LogP contribution in [-0.2, 0) is 11.2 Å². The summed E-state index contributed by atoms with van der Waals surface area (Å²) in [6.45, 7) is 0. The van der Waals surface area contributed by atoms with E-state index >= 15 is 0 Å². The Morgan fingerprint density at radius 1 is 1.44 bits per heavy atom. The smallest absolute Gasteiger partial charge is 0.246 e. The molecular weight excluding hydrogens is 266 g/mol. The van der Waals surface area contributed by atoms with Gasteiger partial charge in [0.25, 0.3) is 0 Å². The van der Waals surface area contributed by atoms with Crippen molar-refractivity contribution in [2.75, 3.05) is 0 Å². The van der Waals surface area contributed by atoms with E-state index < -0.39 is 0 Å². The van der Waals surface area contributed by atoms with Crippen molar-refractivity contribution in [3.8, 4) is 0 Å². The van der Waals surface area contributed by atoms with Gasteiger partial charge in [-0.05, 0) is 23.8 Å². The Morgan fingerprint density at radius 3 is 2.94 bits per heavy atom. The quantitative estimate of drug-likeness (QED) is 0.288. The Morgan fingerprint density at radius 2 is 2.22 bits per heavy atom. The van der Waals surface area contributed by atoms with E-state index in [9.17, 15) is 4.79 Å². The summed E-state index contributed by atoms with van der Waals surface area (Å²) in [5, 5.41) is 1.85. The van der Waals surface area contributed by atoms with Crippen LogP contribution >= 0.6 is 24.8 Å². The molecule has 0 radical (unpaired) electrons. The van der Waals surface area contributed by atoms with Crippen molar-refractivity contribution in [1.82, 2.24) is 9.99 Å². The summed E-state index contributed by atoms with van der Waals surface area (Å²) < 4.78 is 0.0578. The van der Waals surface area contributed by atoms with Gasteiger partial charge in [-0.3, -0.25) is 9.78 Å². The Labute approximate surface area is 115 Å². The number of hydrogen-bond acceptors (Lipinski definition) is 4. The number of nitrogens with two attached hydrogens (primary N) is 1. The molecule has 92 valence electrons. The molecule has 1 aromatic carbocycles. The van der Waals surface area contributed by atoms with Crippen LogP contribution in [0.1, 0.15) is 5.56 Å². The summed E-state index contributed by atoms with van der Waals surface area (Å²) in [7, 11) is 0. The summed E-state index contributed by atoms with van der Waals surface area (Å²) in [4.78, 5) is 16.0. The van der Waals surface area contributed by atoms with Crippen molar-refractivity contribution in [1.29, 1.82) is 0 Å². The zero-order valence-electron chi connectivity index (χ0n) is 9.41. The van der Waals surface area contributed by atoms with Gasteiger partial charge in [0.15, 0.2) is 4.32 Å². The summed E-state index contributed by atoms with van der Waals surface area (Å²) in [6, 6.07) is 9.43. The molecule has 6 heteroatoms. The second-order valence-corrected chi connectivity index (χ2v) is 4.87. The van der Waals surface area contributed by atoms with Gasteiger partial charge >= 0.3 is 0 Å². The van der Waals surface area contributed by atoms with Crippen molar-refractivity contribution < 1.29 is 4.79 Å². The first-order chi connectivity index (χ1) is 8.58. The number of carbonyl (C=O) groups excluding carboxylic acids is 1. The van der Waals surface area contributed by atoms with Crippen molar-refractivity contribution in [3.63, 3.8) is 0 Å². The van der Waals surface area contributed by atoms with E-state index in [-0.39, 0.29) is 16.6 Å². The fourth-order valence-corrected chi connectivity index (χ4v) is 1.81. The molecular formula is C12H11N3OS2. The number of rotatable bonds is 2. The molecule has 0 bridgehead atoms. The number of carbonyl (C=O) groups is 1. The third-order valence-corrected chi connectivity index (χ3v) is 2.91. The summed E-state index contributed by atoms with van der Waals surface area (Å²) in [6.07, 6.45) is 1.91. The molecule has 18 heavy (non-hydrogen) atoms. The molecule has 0 aliphatic carbocycles. The van der Waals surface area contributed by atoms with Crippen LogP contribution in [0.15, 0.2) is 36.5 Å². The minimum atomic E-state index is -0.293. The van der Waals surface area contributed by atoms with Gasteiger partial charge in [-0.25, -0.2) is 10.9 Å². The van der Waals surface area contributed by atoms with Gasteiger partial charge in [0.1, 0.15) is 0 Å². The van der Waals surface area contributed by atoms with Crippen molar-refractivity contribution in [2.45, 2.75) is 6.42 Å². The normalized spacial score (nSPS) is 10.3. The minimum Gasteiger partial charge on any atom is -0.273 e. The molecule has 1 amide bonds. The molecule has 0 aliphatic rings. The van der Waals surface area contributed by atoms with E-state index in [0.29, 0.717) is 0 Å². The molecule has 4 nitrogen and oxygen atoms in total. The minimum absolute atomic E-state index is 0.0578. The lowest BCUT2D eigenvalue weighted by Crippen LogP contribution is -2.40. The SMILES string of the molecule is NN(C(=O)Cc1ccc2ncccc2c1)C(=S)S. The van der Waals surface area contributed by atoms with Gasteiger partial charge in [0, 0.05) is 11.6 Å². The molecule has 1 aromatic heterocycles. The maximum atomic E-state index is 11.7. The largest absolute Gasteiger partial charge is 0.273 e. The monoisotopic (exact) mass is 277 g/mol. The van der Waals surface area contributed by atoms with Gasteiger partial charge in [0.2, 0.25) is 5.91 Å². The van der Waals surface area contributed by atoms with Crippen LogP contribution in [0.3, 0.4) is 0 Å². The topological polar surface area (TPSA) is 59.2 Å². The molecule has 2 aromatic rings. The van der Waals surface area contributed by atoms with Crippen molar-refractivity contribution >= 4 is 46.0 Å². The maximum absolute atomic E-state index is 11.7. The molecule has 0 saturated heterocycles. The van der Waals surface area contributed by atoms with E-state index in [2.05, 4.69) is 17.6 Å². The molecule has 0 aliphatic heterocycles. The lowest BCUT2D eigenvalue weighted by molar-refractivity contribution is -0.126. The third-order valence-electron chi connectivity index (χ3n) is 2.50. The fourth-order valence-electron chi connectivity index (χ4n) is 1.60. The molecule has 0 spiro atoms. The molecule has 0 atom stereocenters. The summed E-state index contributed by atoms with van der Waals surface area (Å²) in [5.74, 6) is 5.18. The highest BCUT2D eigenvalue weighted by atomic mass is 32.1. The van der Waals surface area contributed by atoms with Gasteiger partial charge in [0.05, 0.1) is 11.9 Å². The Bertz CT molecular complexity index is 615. The summed E-state index contributed by atoms with van der Waals surface area (Å²) >= 11 is 8.58. The highest BCUT2D eigenvalue weighted by Gasteiger charge is 2.12. The number of thiol groups is 1. The Kier molecular flexibility index (Phi) is 3.90. The first-order valence-electron chi connectivity index (χ1n) is 5.22. The highest BCUT2D eigenvalue weighted by Crippen LogP contribution is 2.14. The lowest BCUT2D eigenvalue weighted by atomic mass is 10.1. The van der Waals surface area contributed by atoms with Gasteiger partial charge in [-0.2, -0.15) is 0 Å². The van der Waals surface area contributed by atoms with E-state index in [1.165, 1.54) is 0 Å². The number of hydrazine groups is 1. The fraction of sp³-hybridized carbons (Fsp3) is 0.0833. The number of hydrogen-bond donors (Lipinski definition) is 2. The number of pyridine rings is 1. The van der Waals surface area contributed by atoms with Gasteiger partial charge in [-0.15, -0.1) is 12.6 Å². The van der Waals surface area contributed by atoms with Gasteiger partial charge in [-0.1, -0.05) is 24.4 Å². The van der Waals surface area contributed by atoms with Crippen LogP contribution in [0, 0.1) is 0 Å². The Balaban J connectivity index is 2.22. The lowest BCUT2D eigenvalue weighted by Gasteiger charge is -2.13. The molecule has 0 saturated carbocycles. The zero-order valence-corrected chi connectivity index (χ0v) is 11.1. The number of nitrogens with zero attached hydrogens (tertiary/aromatic N) is 2. The average molecular weight is 277 g/mol. The number of benzene rings is 1. The predicted molar refractivity (Wildman–Crippen MR) is 78.1 cm³/mol. The van der Waals surface area contributed by atoms with E-state index in [4.69, 9.17) is 18.1 Å². The molecule has 0 unspecified atom stereocenters. The number of aromatic nitrogens is 1. The Hall–Kier alpha value is -1.50. The van der Waals surface area contributed by atoms with Crippen LogP contribution in [0.4, 0.5) is 0 Å². The van der Waals surface area contributed by atoms with E-state index in [1.807, 2.05) is 30.3 Å². The standard InChI is InChI=1S/C12H11N3OS2/c13-15(12(17)18)11(16)7-8-3-4-10-9(6-8)2-1-5-14-10/h1-6H,7,13H2,(H,17,18). The maximum Gasteiger partial charge on any atom is 0.246 e. The van der Waals surface area contributed by atoms with Crippen LogP contribution in [0.2, 0.25) is 0 Å². The molecule has 2 N–H and O–H groups in total. The molecule has 0 fully saturated rings. The second kappa shape index (κ2) is 5.43. The van der Waals surface area contributed by atoms with Crippen molar-refractivity contribution in [3.05, 3.63) is 42.1 Å². The third kappa shape index (κ3) is 2.84. The van der Waals surface area contributed by atoms with Crippen molar-refractivity contribution in [2.24, 2.45) is 5.84 Å². The second-order valence-electron chi connectivity index (χ2n) is 3.75. The first kappa shape index (κ1) is 12.9. The van der Waals surface area contributed by atoms with E-state index in [1.54, 1.807) is 6.20 Å². The summed E-state index contributed by atoms with van der Waals surface area (Å²) in [5.41, 5.74) is 1.75. The number of fused-ring (bicyclic) bond motifs is 1. The number of amides is 1. The van der Waals surface area contributed by atoms with Crippen LogP contribution in [0.25, 0.3) is 10.9 Å². The van der Waals surface area contributed by atoms with E-state index in [0.717, 1.165) is 21.5 Å². The highest BCUT2D eigenvalue weighted by molar-refractivity contribution is 8.11. The van der Waals surface area contributed by atoms with Gasteiger partial charge < -0.3 is 0 Å². The molecule has 2 rings (SSSR count). The number of thiocarbonyl (C=S) groups is 1. The predicted octanol–water partition coefficient (Wildman–Crippen LogP) is 1.69. The molecule has 1 heterocycles. The average Bonchev–Trinajstić information content (AvgIpc) is 2.37. The van der Waals surface area contributed by atoms with Crippen LogP contribution < -0.4 is 5.84 Å². The van der Waals surface area contributed by atoms with Crippen LogP contribution in [0.5, 0.6) is 0 Å². The zero-order chi connectivity index (χ0) is 13.1.